The zero-order valence-electron chi connectivity index (χ0n) is 16.1. The minimum atomic E-state index is -3.70. The molecule has 3 aromatic rings. The third kappa shape index (κ3) is 4.06. The second-order valence-corrected chi connectivity index (χ2v) is 9.51. The number of benzene rings is 3. The van der Waals surface area contributed by atoms with Crippen molar-refractivity contribution in [2.24, 2.45) is 0 Å². The van der Waals surface area contributed by atoms with Crippen LogP contribution in [-0.2, 0) is 20.2 Å². The van der Waals surface area contributed by atoms with Gasteiger partial charge in [0.25, 0.3) is 10.0 Å². The molecule has 0 atom stereocenters. The Hall–Kier alpha value is -2.83. The average Bonchev–Trinajstić information content (AvgIpc) is 2.69. The van der Waals surface area contributed by atoms with Crippen molar-refractivity contribution in [3.05, 3.63) is 89.4 Å². The lowest BCUT2D eigenvalue weighted by molar-refractivity contribution is -0.124. The Morgan fingerprint density at radius 1 is 0.867 bits per heavy atom. The quantitative estimate of drug-likeness (QED) is 0.553. The zero-order chi connectivity index (χ0) is 21.2. The van der Waals surface area contributed by atoms with Crippen LogP contribution in [0, 0.1) is 0 Å². The first kappa shape index (κ1) is 20.4. The number of hydrogen-bond acceptors (Lipinski definition) is 3. The summed E-state index contributed by atoms with van der Waals surface area (Å²) in [5, 5.41) is 3.59. The molecule has 1 fully saturated rings. The SMILES string of the molecule is O=C(Nc1cccc(NS(=O)(=O)c2ccccc2)c1)C1(c2ccc(Cl)cc2)CCC1. The Morgan fingerprint density at radius 2 is 1.53 bits per heavy atom. The highest BCUT2D eigenvalue weighted by Gasteiger charge is 2.45. The van der Waals surface area contributed by atoms with Gasteiger partial charge in [0.05, 0.1) is 16.0 Å². The third-order valence-electron chi connectivity index (χ3n) is 5.46. The van der Waals surface area contributed by atoms with Crippen molar-refractivity contribution in [1.29, 1.82) is 0 Å². The van der Waals surface area contributed by atoms with Crippen molar-refractivity contribution in [3.8, 4) is 0 Å². The normalized spacial score (nSPS) is 15.1. The number of sulfonamides is 1. The van der Waals surface area contributed by atoms with Crippen LogP contribution < -0.4 is 10.0 Å². The molecule has 0 saturated heterocycles. The minimum Gasteiger partial charge on any atom is -0.325 e. The van der Waals surface area contributed by atoms with Gasteiger partial charge < -0.3 is 5.32 Å². The summed E-state index contributed by atoms with van der Waals surface area (Å²) < 4.78 is 27.7. The smallest absolute Gasteiger partial charge is 0.261 e. The molecule has 2 N–H and O–H groups in total. The van der Waals surface area contributed by atoms with Crippen LogP contribution in [0.5, 0.6) is 0 Å². The fourth-order valence-corrected chi connectivity index (χ4v) is 4.87. The van der Waals surface area contributed by atoms with Crippen LogP contribution in [-0.4, -0.2) is 14.3 Å². The summed E-state index contributed by atoms with van der Waals surface area (Å²) >= 11 is 5.99. The van der Waals surface area contributed by atoms with Gasteiger partial charge in [-0.05, 0) is 60.9 Å². The van der Waals surface area contributed by atoms with Gasteiger partial charge in [-0.3, -0.25) is 9.52 Å². The molecule has 0 bridgehead atoms. The van der Waals surface area contributed by atoms with E-state index >= 15 is 0 Å². The predicted octanol–water partition coefficient (Wildman–Crippen LogP) is 5.20. The summed E-state index contributed by atoms with van der Waals surface area (Å²) in [4.78, 5) is 13.3. The Balaban J connectivity index is 1.53. The van der Waals surface area contributed by atoms with Gasteiger partial charge in [-0.25, -0.2) is 8.42 Å². The molecule has 5 nitrogen and oxygen atoms in total. The topological polar surface area (TPSA) is 75.3 Å². The first-order valence-corrected chi connectivity index (χ1v) is 11.5. The fourth-order valence-electron chi connectivity index (χ4n) is 3.67. The largest absolute Gasteiger partial charge is 0.325 e. The van der Waals surface area contributed by atoms with E-state index in [1.807, 2.05) is 12.1 Å². The molecular weight excluding hydrogens is 420 g/mol. The highest BCUT2D eigenvalue weighted by Crippen LogP contribution is 2.45. The second-order valence-electron chi connectivity index (χ2n) is 7.40. The molecule has 0 aliphatic heterocycles. The number of amides is 1. The van der Waals surface area contributed by atoms with Crippen LogP contribution in [0.15, 0.2) is 83.8 Å². The van der Waals surface area contributed by atoms with Crippen molar-refractivity contribution in [2.45, 2.75) is 29.6 Å². The molecule has 0 radical (unpaired) electrons. The zero-order valence-corrected chi connectivity index (χ0v) is 17.7. The number of halogens is 1. The average molecular weight is 441 g/mol. The summed E-state index contributed by atoms with van der Waals surface area (Å²) in [6.07, 6.45) is 2.51. The highest BCUT2D eigenvalue weighted by atomic mass is 35.5. The minimum absolute atomic E-state index is 0.0980. The van der Waals surface area contributed by atoms with Crippen molar-refractivity contribution in [2.75, 3.05) is 10.0 Å². The lowest BCUT2D eigenvalue weighted by atomic mass is 9.64. The molecule has 0 heterocycles. The Bertz CT molecular complexity index is 1160. The number of rotatable bonds is 6. The van der Waals surface area contributed by atoms with Crippen molar-refractivity contribution < 1.29 is 13.2 Å². The van der Waals surface area contributed by atoms with Gasteiger partial charge in [-0.1, -0.05) is 54.4 Å². The molecule has 1 aliphatic rings. The van der Waals surface area contributed by atoms with Crippen LogP contribution in [0.25, 0.3) is 0 Å². The maximum Gasteiger partial charge on any atom is 0.261 e. The van der Waals surface area contributed by atoms with E-state index in [1.165, 1.54) is 12.1 Å². The fraction of sp³-hybridized carbons (Fsp3) is 0.174. The van der Waals surface area contributed by atoms with Crippen LogP contribution >= 0.6 is 11.6 Å². The van der Waals surface area contributed by atoms with Gasteiger partial charge in [-0.2, -0.15) is 0 Å². The maximum atomic E-state index is 13.1. The van der Waals surface area contributed by atoms with Crippen molar-refractivity contribution in [3.63, 3.8) is 0 Å². The van der Waals surface area contributed by atoms with Crippen LogP contribution in [0.3, 0.4) is 0 Å². The first-order valence-electron chi connectivity index (χ1n) is 9.65. The predicted molar refractivity (Wildman–Crippen MR) is 119 cm³/mol. The van der Waals surface area contributed by atoms with E-state index in [-0.39, 0.29) is 10.8 Å². The standard InChI is InChI=1S/C23H21ClN2O3S/c24-18-12-10-17(11-13-18)23(14-5-15-23)22(27)25-19-6-4-7-20(16-19)26-30(28,29)21-8-2-1-3-9-21/h1-4,6-13,16,26H,5,14-15H2,(H,25,27). The molecular formula is C23H21ClN2O3S. The summed E-state index contributed by atoms with van der Waals surface area (Å²) in [5.41, 5.74) is 1.28. The van der Waals surface area contributed by atoms with Gasteiger partial charge >= 0.3 is 0 Å². The molecule has 7 heteroatoms. The lowest BCUT2D eigenvalue weighted by Gasteiger charge is -2.40. The number of carbonyl (C=O) groups excluding carboxylic acids is 1. The third-order valence-corrected chi connectivity index (χ3v) is 7.11. The lowest BCUT2D eigenvalue weighted by Crippen LogP contribution is -2.46. The van der Waals surface area contributed by atoms with E-state index in [0.29, 0.717) is 16.4 Å². The first-order chi connectivity index (χ1) is 14.4. The van der Waals surface area contributed by atoms with Crippen molar-refractivity contribution in [1.82, 2.24) is 0 Å². The van der Waals surface area contributed by atoms with Gasteiger partial charge in [0.2, 0.25) is 5.91 Å². The Morgan fingerprint density at radius 3 is 2.17 bits per heavy atom. The summed E-state index contributed by atoms with van der Waals surface area (Å²) in [6.45, 7) is 0. The number of nitrogens with one attached hydrogen (secondary N) is 2. The molecule has 154 valence electrons. The molecule has 1 amide bonds. The van der Waals surface area contributed by atoms with Crippen LogP contribution in [0.2, 0.25) is 5.02 Å². The molecule has 0 spiro atoms. The molecule has 0 aromatic heterocycles. The second kappa shape index (κ2) is 8.13. The van der Waals surface area contributed by atoms with Gasteiger partial charge in [0.1, 0.15) is 0 Å². The van der Waals surface area contributed by atoms with E-state index in [2.05, 4.69) is 10.0 Å². The summed E-state index contributed by atoms with van der Waals surface area (Å²) in [5.74, 6) is -0.0980. The molecule has 4 rings (SSSR count). The van der Waals surface area contributed by atoms with E-state index in [1.54, 1.807) is 54.6 Å². The molecule has 0 unspecified atom stereocenters. The Kier molecular flexibility index (Phi) is 5.54. The summed E-state index contributed by atoms with van der Waals surface area (Å²) in [6, 6.07) is 22.2. The Labute approximate surface area is 181 Å². The van der Waals surface area contributed by atoms with Gasteiger partial charge in [0, 0.05) is 10.7 Å². The molecule has 30 heavy (non-hydrogen) atoms. The van der Waals surface area contributed by atoms with Gasteiger partial charge in [0.15, 0.2) is 0 Å². The van der Waals surface area contributed by atoms with Crippen LogP contribution in [0.1, 0.15) is 24.8 Å². The van der Waals surface area contributed by atoms with E-state index in [0.717, 1.165) is 24.8 Å². The van der Waals surface area contributed by atoms with E-state index in [9.17, 15) is 13.2 Å². The molecule has 1 saturated carbocycles. The van der Waals surface area contributed by atoms with Gasteiger partial charge in [-0.15, -0.1) is 0 Å². The van der Waals surface area contributed by atoms with Crippen LogP contribution in [0.4, 0.5) is 11.4 Å². The number of hydrogen-bond donors (Lipinski definition) is 2. The molecule has 1 aliphatic carbocycles. The molecule has 3 aromatic carbocycles. The van der Waals surface area contributed by atoms with E-state index in [4.69, 9.17) is 11.6 Å². The van der Waals surface area contributed by atoms with Crippen molar-refractivity contribution >= 4 is 38.9 Å². The maximum absolute atomic E-state index is 13.1. The number of anilines is 2. The van der Waals surface area contributed by atoms with E-state index < -0.39 is 15.4 Å². The monoisotopic (exact) mass is 440 g/mol. The highest BCUT2D eigenvalue weighted by molar-refractivity contribution is 7.92. The number of carbonyl (C=O) groups is 1. The summed E-state index contributed by atoms with van der Waals surface area (Å²) in [7, 11) is -3.70.